The second-order valence-corrected chi connectivity index (χ2v) is 7.48. The van der Waals surface area contributed by atoms with Gasteiger partial charge in [-0.2, -0.15) is 0 Å². The van der Waals surface area contributed by atoms with Crippen LogP contribution in [0.4, 0.5) is 5.69 Å². The van der Waals surface area contributed by atoms with Crippen molar-refractivity contribution in [2.24, 2.45) is 10.7 Å². The van der Waals surface area contributed by atoms with Gasteiger partial charge in [0.25, 0.3) is 0 Å². The van der Waals surface area contributed by atoms with Gasteiger partial charge in [-0.25, -0.2) is 0 Å². The molecular formula is C19H18ClN3OS. The number of aliphatic imine (C=N–C) groups is 1. The molecule has 25 heavy (non-hydrogen) atoms. The minimum Gasteiger partial charge on any atom is -0.467 e. The van der Waals surface area contributed by atoms with E-state index >= 15 is 0 Å². The number of rotatable bonds is 4. The molecule has 4 nitrogen and oxygen atoms in total. The summed E-state index contributed by atoms with van der Waals surface area (Å²) in [5.74, 6) is 0.848. The Hall–Kier alpha value is -2.08. The number of halogens is 1. The van der Waals surface area contributed by atoms with Gasteiger partial charge in [0.2, 0.25) is 0 Å². The lowest BCUT2D eigenvalue weighted by Crippen LogP contribution is -2.32. The number of nitrogens with two attached hydrogens (primary N) is 1. The second kappa shape index (κ2) is 6.67. The van der Waals surface area contributed by atoms with Gasteiger partial charge in [-0.05, 0) is 24.6 Å². The van der Waals surface area contributed by atoms with Crippen LogP contribution in [0.15, 0.2) is 58.1 Å². The predicted octanol–water partition coefficient (Wildman–Crippen LogP) is 4.99. The molecule has 1 unspecified atom stereocenters. The molecular weight excluding hydrogens is 354 g/mol. The van der Waals surface area contributed by atoms with Gasteiger partial charge in [0.15, 0.2) is 5.62 Å². The number of benzene rings is 1. The van der Waals surface area contributed by atoms with Crippen molar-refractivity contribution in [3.63, 3.8) is 0 Å². The van der Waals surface area contributed by atoms with Crippen LogP contribution in [0.25, 0.3) is 11.1 Å². The number of hydrogen-bond acceptors (Lipinski definition) is 5. The topological polar surface area (TPSA) is 54.8 Å². The molecule has 0 fully saturated rings. The third-order valence-electron chi connectivity index (χ3n) is 4.18. The van der Waals surface area contributed by atoms with E-state index in [4.69, 9.17) is 21.8 Å². The Morgan fingerprint density at radius 3 is 2.76 bits per heavy atom. The monoisotopic (exact) mass is 371 g/mol. The number of nitrogens with zero attached hydrogens (tertiary/aromatic N) is 2. The molecule has 2 atom stereocenters. The molecule has 128 valence electrons. The minimum absolute atomic E-state index is 0.0709. The highest BCUT2D eigenvalue weighted by atomic mass is 35.5. The lowest BCUT2D eigenvalue weighted by atomic mass is 10.0. The highest BCUT2D eigenvalue weighted by molar-refractivity contribution is 7.15. The third kappa shape index (κ3) is 2.99. The highest BCUT2D eigenvalue weighted by Crippen LogP contribution is 2.47. The maximum Gasteiger partial charge on any atom is 0.198 e. The Labute approximate surface area is 155 Å². The van der Waals surface area contributed by atoms with Crippen LogP contribution in [-0.4, -0.2) is 11.8 Å². The third-order valence-corrected chi connectivity index (χ3v) is 5.84. The van der Waals surface area contributed by atoms with E-state index in [0.29, 0.717) is 6.54 Å². The molecule has 3 aromatic rings. The van der Waals surface area contributed by atoms with Crippen molar-refractivity contribution in [1.29, 1.82) is 0 Å². The zero-order valence-corrected chi connectivity index (χ0v) is 15.3. The van der Waals surface area contributed by atoms with Crippen molar-refractivity contribution >= 4 is 34.8 Å². The van der Waals surface area contributed by atoms with Crippen LogP contribution in [0.3, 0.4) is 0 Å². The summed E-state index contributed by atoms with van der Waals surface area (Å²) in [5, 5.41) is 0. The van der Waals surface area contributed by atoms with Crippen molar-refractivity contribution in [1.82, 2.24) is 0 Å². The molecule has 0 bridgehead atoms. The summed E-state index contributed by atoms with van der Waals surface area (Å²) >= 11 is 8.21. The fraction of sp³-hybridized carbons (Fsp3) is 0.211. The summed E-state index contributed by atoms with van der Waals surface area (Å²) < 4.78 is 5.53. The average molecular weight is 372 g/mol. The van der Waals surface area contributed by atoms with E-state index in [-0.39, 0.29) is 6.04 Å². The fourth-order valence-corrected chi connectivity index (χ4v) is 4.47. The summed E-state index contributed by atoms with van der Waals surface area (Å²) in [5.41, 5.74) is 9.15. The summed E-state index contributed by atoms with van der Waals surface area (Å²) in [4.78, 5) is 8.72. The van der Waals surface area contributed by atoms with Crippen LogP contribution in [-0.2, 0) is 6.54 Å². The lowest BCUT2D eigenvalue weighted by Gasteiger charge is -2.30. The largest absolute Gasteiger partial charge is 0.467 e. The molecule has 1 aromatic carbocycles. The Morgan fingerprint density at radius 1 is 1.28 bits per heavy atom. The molecule has 0 amide bonds. The summed E-state index contributed by atoms with van der Waals surface area (Å²) in [6, 6.07) is 14.1. The Bertz CT molecular complexity index is 887. The number of alkyl halides is 1. The molecule has 2 N–H and O–H groups in total. The first kappa shape index (κ1) is 16.4. The SMILES string of the molecule is C[C@H](N)c1sc2c(c1-c1ccccc1)N(Cc1ccco1)C(Cl)N=C2. The first-order valence-electron chi connectivity index (χ1n) is 8.09. The average Bonchev–Trinajstić information content (AvgIpc) is 3.25. The van der Waals surface area contributed by atoms with E-state index in [1.54, 1.807) is 17.6 Å². The maximum atomic E-state index is 6.54. The van der Waals surface area contributed by atoms with Crippen LogP contribution in [0, 0.1) is 0 Å². The zero-order chi connectivity index (χ0) is 17.4. The second-order valence-electron chi connectivity index (χ2n) is 6.00. The molecule has 4 rings (SSSR count). The van der Waals surface area contributed by atoms with Crippen LogP contribution < -0.4 is 10.6 Å². The molecule has 2 aromatic heterocycles. The number of thiophene rings is 1. The van der Waals surface area contributed by atoms with E-state index in [1.165, 1.54) is 0 Å². The summed E-state index contributed by atoms with van der Waals surface area (Å²) in [6.45, 7) is 2.57. The van der Waals surface area contributed by atoms with E-state index < -0.39 is 5.62 Å². The fourth-order valence-electron chi connectivity index (χ4n) is 3.08. The Morgan fingerprint density at radius 2 is 2.08 bits per heavy atom. The Kier molecular flexibility index (Phi) is 4.37. The van der Waals surface area contributed by atoms with Crippen LogP contribution in [0.2, 0.25) is 0 Å². The number of anilines is 1. The molecule has 0 spiro atoms. The van der Waals surface area contributed by atoms with Gasteiger partial charge in [0.05, 0.1) is 23.4 Å². The first-order valence-corrected chi connectivity index (χ1v) is 9.34. The number of fused-ring (bicyclic) bond motifs is 1. The van der Waals surface area contributed by atoms with E-state index in [9.17, 15) is 0 Å². The molecule has 0 saturated carbocycles. The Balaban J connectivity index is 1.89. The molecule has 0 radical (unpaired) electrons. The van der Waals surface area contributed by atoms with E-state index in [2.05, 4.69) is 22.0 Å². The van der Waals surface area contributed by atoms with E-state index in [1.807, 2.05) is 43.5 Å². The minimum atomic E-state index is -0.476. The van der Waals surface area contributed by atoms with Crippen LogP contribution >= 0.6 is 22.9 Å². The van der Waals surface area contributed by atoms with Crippen molar-refractivity contribution < 1.29 is 4.42 Å². The predicted molar refractivity (Wildman–Crippen MR) is 104 cm³/mol. The number of hydrogen-bond donors (Lipinski definition) is 1. The lowest BCUT2D eigenvalue weighted by molar-refractivity contribution is 0.499. The number of furan rings is 1. The van der Waals surface area contributed by atoms with Crippen molar-refractivity contribution in [3.8, 4) is 11.1 Å². The van der Waals surface area contributed by atoms with Gasteiger partial charge in [-0.3, -0.25) is 4.99 Å². The standard InChI is InChI=1S/C19H18ClN3OS/c1-12(21)18-16(13-6-3-2-4-7-13)17-15(25-18)10-22-19(20)23(17)11-14-8-5-9-24-14/h2-10,12,19H,11,21H2,1H3/t12-,19?/m0/s1. The maximum absolute atomic E-state index is 6.54. The van der Waals surface area contributed by atoms with Crippen LogP contribution in [0.5, 0.6) is 0 Å². The van der Waals surface area contributed by atoms with Gasteiger partial charge >= 0.3 is 0 Å². The molecule has 0 aliphatic carbocycles. The molecule has 3 heterocycles. The molecule has 0 saturated heterocycles. The quantitative estimate of drug-likeness (QED) is 0.519. The molecule has 6 heteroatoms. The van der Waals surface area contributed by atoms with Crippen molar-refractivity contribution in [2.75, 3.05) is 4.90 Å². The summed E-state index contributed by atoms with van der Waals surface area (Å²) in [6.07, 6.45) is 3.53. The van der Waals surface area contributed by atoms with Gasteiger partial charge in [-0.15, -0.1) is 11.3 Å². The molecule has 1 aliphatic rings. The van der Waals surface area contributed by atoms with Gasteiger partial charge in [0.1, 0.15) is 5.76 Å². The highest BCUT2D eigenvalue weighted by Gasteiger charge is 2.31. The van der Waals surface area contributed by atoms with E-state index in [0.717, 1.165) is 32.3 Å². The molecule has 1 aliphatic heterocycles. The van der Waals surface area contributed by atoms with Crippen molar-refractivity contribution in [2.45, 2.75) is 25.1 Å². The normalized spacial score (nSPS) is 17.6. The smallest absolute Gasteiger partial charge is 0.198 e. The summed E-state index contributed by atoms with van der Waals surface area (Å²) in [7, 11) is 0. The van der Waals surface area contributed by atoms with Crippen LogP contribution in [0.1, 0.15) is 28.5 Å². The van der Waals surface area contributed by atoms with Gasteiger partial charge < -0.3 is 15.1 Å². The zero-order valence-electron chi connectivity index (χ0n) is 13.7. The van der Waals surface area contributed by atoms with Gasteiger partial charge in [-0.1, -0.05) is 41.9 Å². The van der Waals surface area contributed by atoms with Gasteiger partial charge in [0, 0.05) is 22.7 Å². The first-order chi connectivity index (χ1) is 12.1. The van der Waals surface area contributed by atoms with Crippen molar-refractivity contribution in [3.05, 3.63) is 64.2 Å².